The lowest BCUT2D eigenvalue weighted by Crippen LogP contribution is -2.13. The largest absolute Gasteiger partial charge is 0.493 e. The van der Waals surface area contributed by atoms with Crippen LogP contribution in [-0.2, 0) is 27.7 Å². The zero-order valence-corrected chi connectivity index (χ0v) is 20.9. The van der Waals surface area contributed by atoms with E-state index in [0.29, 0.717) is 35.9 Å². The molecule has 0 saturated heterocycles. The van der Waals surface area contributed by atoms with Gasteiger partial charge in [-0.3, -0.25) is 9.52 Å². The Labute approximate surface area is 213 Å². The molecular weight excluding hydrogens is 496 g/mol. The Hall–Kier alpha value is -4.12. The first-order valence-corrected chi connectivity index (χ1v) is 13.3. The van der Waals surface area contributed by atoms with Gasteiger partial charge in [-0.2, -0.15) is 8.42 Å². The Bertz CT molecular complexity index is 1510. The molecule has 37 heavy (non-hydrogen) atoms. The van der Waals surface area contributed by atoms with Crippen LogP contribution >= 0.6 is 0 Å². The number of carbonyl (C=O) groups is 1. The molecule has 2 aromatic heterocycles. The lowest BCUT2D eigenvalue weighted by molar-refractivity contribution is -0.137. The second kappa shape index (κ2) is 10.1. The zero-order valence-electron chi connectivity index (χ0n) is 20.1. The van der Waals surface area contributed by atoms with Crippen molar-refractivity contribution in [2.24, 2.45) is 0 Å². The Morgan fingerprint density at radius 3 is 2.78 bits per heavy atom. The highest BCUT2D eigenvalue weighted by Crippen LogP contribution is 2.37. The molecule has 2 heterocycles. The van der Waals surface area contributed by atoms with E-state index in [9.17, 15) is 13.2 Å². The number of aromatic nitrogens is 3. The second-order valence-corrected chi connectivity index (χ2v) is 10.6. The fraction of sp³-hybridized carbons (Fsp3) is 0.269. The molecule has 192 valence electrons. The quantitative estimate of drug-likeness (QED) is 0.279. The molecule has 0 saturated carbocycles. The summed E-state index contributed by atoms with van der Waals surface area (Å²) in [5.41, 5.74) is 4.15. The van der Waals surface area contributed by atoms with Crippen LogP contribution in [0.4, 0.5) is 5.69 Å². The number of nitrogens with zero attached hydrogens (tertiary/aromatic N) is 2. The maximum atomic E-state index is 12.3. The van der Waals surface area contributed by atoms with E-state index in [0.717, 1.165) is 35.4 Å². The normalized spacial score (nSPS) is 14.9. The molecule has 1 aliphatic carbocycles. The predicted molar refractivity (Wildman–Crippen MR) is 135 cm³/mol. The van der Waals surface area contributed by atoms with E-state index in [1.807, 2.05) is 25.1 Å². The van der Waals surface area contributed by atoms with E-state index in [2.05, 4.69) is 19.7 Å². The fourth-order valence-electron chi connectivity index (χ4n) is 4.52. The first-order valence-electron chi connectivity index (χ1n) is 11.8. The number of aryl methyl sites for hydroxylation is 2. The Morgan fingerprint density at radius 2 is 2.05 bits per heavy atom. The molecule has 10 nitrogen and oxygen atoms in total. The van der Waals surface area contributed by atoms with Crippen molar-refractivity contribution in [3.63, 3.8) is 0 Å². The molecule has 0 aliphatic heterocycles. The first-order chi connectivity index (χ1) is 17.8. The number of carboxylic acid groups (broad SMARTS) is 1. The highest BCUT2D eigenvalue weighted by atomic mass is 32.2. The number of nitrogens with one attached hydrogen (secondary N) is 2. The number of imidazole rings is 1. The molecule has 0 unspecified atom stereocenters. The number of H-pyrrole nitrogens is 1. The molecule has 3 N–H and O–H groups in total. The third-order valence-corrected chi connectivity index (χ3v) is 7.69. The number of hydrogen-bond acceptors (Lipinski definition) is 7. The molecule has 0 bridgehead atoms. The number of carboxylic acids is 1. The third-order valence-electron chi connectivity index (χ3n) is 6.38. The Kier molecular flexibility index (Phi) is 6.70. The maximum Gasteiger partial charge on any atom is 0.303 e. The summed E-state index contributed by atoms with van der Waals surface area (Å²) < 4.78 is 38.9. The number of rotatable bonds is 10. The first kappa shape index (κ1) is 24.6. The molecule has 0 spiro atoms. The summed E-state index contributed by atoms with van der Waals surface area (Å²) in [6.07, 6.45) is 4.96. The van der Waals surface area contributed by atoms with Crippen LogP contribution < -0.4 is 9.46 Å². The molecule has 2 aromatic carbocycles. The molecular formula is C26H26N4O6S. The molecule has 0 fully saturated rings. The van der Waals surface area contributed by atoms with Gasteiger partial charge >= 0.3 is 5.97 Å². The van der Waals surface area contributed by atoms with E-state index in [1.54, 1.807) is 24.3 Å². The SMILES string of the molecule is Cc1oc(-c2ccc(NS(=O)(=O)c3cnc[nH]3)cc2)nc1CCOc1ccc2c(c1)CC[C@H]2CC(=O)O. The van der Waals surface area contributed by atoms with Crippen LogP contribution in [0.15, 0.2) is 64.4 Å². The van der Waals surface area contributed by atoms with Crippen LogP contribution in [0.5, 0.6) is 5.75 Å². The summed E-state index contributed by atoms with van der Waals surface area (Å²) >= 11 is 0. The summed E-state index contributed by atoms with van der Waals surface area (Å²) in [5.74, 6) is 1.18. The molecule has 0 amide bonds. The van der Waals surface area contributed by atoms with E-state index in [-0.39, 0.29) is 17.4 Å². The number of oxazole rings is 1. The minimum absolute atomic E-state index is 0.0194. The number of ether oxygens (including phenoxy) is 1. The molecule has 1 atom stereocenters. The number of aliphatic carboxylic acids is 1. The number of sulfonamides is 1. The van der Waals surface area contributed by atoms with E-state index in [4.69, 9.17) is 14.3 Å². The number of anilines is 1. The van der Waals surface area contributed by atoms with Gasteiger partial charge in [0.1, 0.15) is 11.5 Å². The standard InChI is InChI=1S/C26H26N4O6S/c1-16-23(10-11-35-21-8-9-22-18(12-21)2-3-19(22)13-25(31)32)29-26(36-16)17-4-6-20(7-5-17)30-37(33,34)24-14-27-15-28-24/h4-9,12,14-15,19,30H,2-3,10-11,13H2,1H3,(H,27,28)(H,31,32)/t19-/m0/s1. The summed E-state index contributed by atoms with van der Waals surface area (Å²) in [6.45, 7) is 2.26. The second-order valence-electron chi connectivity index (χ2n) is 8.91. The van der Waals surface area contributed by atoms with Gasteiger partial charge in [-0.25, -0.2) is 9.97 Å². The molecule has 5 rings (SSSR count). The van der Waals surface area contributed by atoms with Gasteiger partial charge in [-0.05, 0) is 73.2 Å². The van der Waals surface area contributed by atoms with Crippen molar-refractivity contribution in [1.82, 2.24) is 15.0 Å². The van der Waals surface area contributed by atoms with Crippen molar-refractivity contribution in [3.8, 4) is 17.2 Å². The smallest absolute Gasteiger partial charge is 0.303 e. The van der Waals surface area contributed by atoms with Crippen LogP contribution in [0.1, 0.15) is 41.3 Å². The van der Waals surface area contributed by atoms with Gasteiger partial charge in [0.25, 0.3) is 10.0 Å². The number of benzene rings is 2. The van der Waals surface area contributed by atoms with Gasteiger partial charge in [0.2, 0.25) is 5.89 Å². The molecule has 4 aromatic rings. The minimum atomic E-state index is -3.74. The van der Waals surface area contributed by atoms with Crippen molar-refractivity contribution >= 4 is 21.7 Å². The van der Waals surface area contributed by atoms with Crippen molar-refractivity contribution in [2.45, 2.75) is 43.6 Å². The molecule has 0 radical (unpaired) electrons. The van der Waals surface area contributed by atoms with Crippen LogP contribution in [0.2, 0.25) is 0 Å². The van der Waals surface area contributed by atoms with Crippen LogP contribution in [0, 0.1) is 6.92 Å². The minimum Gasteiger partial charge on any atom is -0.493 e. The van der Waals surface area contributed by atoms with Crippen molar-refractivity contribution in [2.75, 3.05) is 11.3 Å². The van der Waals surface area contributed by atoms with E-state index >= 15 is 0 Å². The van der Waals surface area contributed by atoms with Crippen molar-refractivity contribution in [3.05, 3.63) is 77.6 Å². The van der Waals surface area contributed by atoms with Crippen LogP contribution in [0.25, 0.3) is 11.5 Å². The zero-order chi connectivity index (χ0) is 26.0. The monoisotopic (exact) mass is 522 g/mol. The predicted octanol–water partition coefficient (Wildman–Crippen LogP) is 4.30. The van der Waals surface area contributed by atoms with Gasteiger partial charge < -0.3 is 19.2 Å². The van der Waals surface area contributed by atoms with Crippen molar-refractivity contribution in [1.29, 1.82) is 0 Å². The highest BCUT2D eigenvalue weighted by Gasteiger charge is 2.25. The maximum absolute atomic E-state index is 12.3. The van der Waals surface area contributed by atoms with Crippen LogP contribution in [-0.4, -0.2) is 41.1 Å². The Morgan fingerprint density at radius 1 is 1.24 bits per heavy atom. The van der Waals surface area contributed by atoms with Gasteiger partial charge in [-0.15, -0.1) is 0 Å². The lowest BCUT2D eigenvalue weighted by atomic mass is 9.98. The van der Waals surface area contributed by atoms with Crippen molar-refractivity contribution < 1.29 is 27.5 Å². The summed E-state index contributed by atoms with van der Waals surface area (Å²) in [5, 5.41) is 9.08. The highest BCUT2D eigenvalue weighted by molar-refractivity contribution is 7.92. The van der Waals surface area contributed by atoms with Gasteiger partial charge in [-0.1, -0.05) is 6.07 Å². The molecule has 1 aliphatic rings. The van der Waals surface area contributed by atoms with E-state index in [1.165, 1.54) is 12.5 Å². The number of hydrogen-bond donors (Lipinski definition) is 3. The van der Waals surface area contributed by atoms with Crippen LogP contribution in [0.3, 0.4) is 0 Å². The average Bonchev–Trinajstić information content (AvgIpc) is 3.61. The third kappa shape index (κ3) is 5.51. The van der Waals surface area contributed by atoms with Gasteiger partial charge in [0, 0.05) is 17.7 Å². The van der Waals surface area contributed by atoms with E-state index < -0.39 is 16.0 Å². The van der Waals surface area contributed by atoms with Gasteiger partial charge in [0.15, 0.2) is 5.03 Å². The number of aromatic amines is 1. The average molecular weight is 523 g/mol. The van der Waals surface area contributed by atoms with Gasteiger partial charge in [0.05, 0.1) is 31.2 Å². The topological polar surface area (TPSA) is 147 Å². The summed E-state index contributed by atoms with van der Waals surface area (Å²) in [6, 6.07) is 12.6. The fourth-order valence-corrected chi connectivity index (χ4v) is 5.49. The Balaban J connectivity index is 1.19. The summed E-state index contributed by atoms with van der Waals surface area (Å²) in [4.78, 5) is 22.0. The molecule has 11 heteroatoms. The summed E-state index contributed by atoms with van der Waals surface area (Å²) in [7, 11) is -3.74. The lowest BCUT2D eigenvalue weighted by Gasteiger charge is -2.10. The number of fused-ring (bicyclic) bond motifs is 1.